The highest BCUT2D eigenvalue weighted by molar-refractivity contribution is 7.99. The van der Waals surface area contributed by atoms with Gasteiger partial charge in [-0.3, -0.25) is 18.6 Å². The minimum atomic E-state index is -0.0610. The maximum Gasteiger partial charge on any atom is 0.262 e. The van der Waals surface area contributed by atoms with Crippen LogP contribution in [0.1, 0.15) is 36.2 Å². The number of ether oxygens (including phenoxy) is 1. The number of fused-ring (bicyclic) bond motifs is 4. The smallest absolute Gasteiger partial charge is 0.262 e. The average molecular weight is 449 g/mol. The van der Waals surface area contributed by atoms with Gasteiger partial charge in [-0.05, 0) is 48.2 Å². The van der Waals surface area contributed by atoms with Crippen molar-refractivity contribution in [3.8, 4) is 5.75 Å². The Morgan fingerprint density at radius 1 is 1.19 bits per heavy atom. The van der Waals surface area contributed by atoms with Crippen LogP contribution in [0.25, 0.3) is 16.7 Å². The Bertz CT molecular complexity index is 1390. The molecule has 2 aromatic carbocycles. The van der Waals surface area contributed by atoms with Crippen LogP contribution < -0.4 is 10.3 Å². The SMILES string of the molecule is CC(C)CCn1c(=O)c2ccccc2n2c(SCC(=O)c3ccc4c(c3)CCO4)nnc12. The predicted octanol–water partition coefficient (Wildman–Crippen LogP) is 4.00. The van der Waals surface area contributed by atoms with E-state index in [4.69, 9.17) is 4.74 Å². The van der Waals surface area contributed by atoms with Gasteiger partial charge in [0, 0.05) is 18.5 Å². The molecule has 7 nitrogen and oxygen atoms in total. The predicted molar refractivity (Wildman–Crippen MR) is 125 cm³/mol. The Balaban J connectivity index is 1.49. The van der Waals surface area contributed by atoms with Gasteiger partial charge in [0.2, 0.25) is 5.78 Å². The maximum absolute atomic E-state index is 13.1. The van der Waals surface area contributed by atoms with E-state index < -0.39 is 0 Å². The van der Waals surface area contributed by atoms with E-state index in [0.29, 0.717) is 41.0 Å². The van der Waals surface area contributed by atoms with Gasteiger partial charge < -0.3 is 4.74 Å². The van der Waals surface area contributed by atoms with Crippen molar-refractivity contribution in [2.75, 3.05) is 12.4 Å². The first-order chi connectivity index (χ1) is 15.5. The first-order valence-electron chi connectivity index (χ1n) is 10.8. The van der Waals surface area contributed by atoms with Crippen LogP contribution in [0, 0.1) is 5.92 Å². The summed E-state index contributed by atoms with van der Waals surface area (Å²) in [5, 5.41) is 9.90. The summed E-state index contributed by atoms with van der Waals surface area (Å²) in [6.45, 7) is 5.50. The van der Waals surface area contributed by atoms with Gasteiger partial charge in [0.05, 0.1) is 23.3 Å². The molecule has 0 aliphatic carbocycles. The lowest BCUT2D eigenvalue weighted by Crippen LogP contribution is -2.24. The summed E-state index contributed by atoms with van der Waals surface area (Å²) < 4.78 is 9.12. The van der Waals surface area contributed by atoms with Gasteiger partial charge in [0.15, 0.2) is 10.9 Å². The molecule has 0 saturated heterocycles. The Labute approximate surface area is 189 Å². The zero-order valence-electron chi connectivity index (χ0n) is 18.1. The summed E-state index contributed by atoms with van der Waals surface area (Å²) in [6, 6.07) is 13.1. The van der Waals surface area contributed by atoms with E-state index in [1.165, 1.54) is 11.8 Å². The number of nitrogens with zero attached hydrogens (tertiary/aromatic N) is 4. The molecule has 0 radical (unpaired) electrons. The third-order valence-electron chi connectivity index (χ3n) is 5.75. The second-order valence-corrected chi connectivity index (χ2v) is 9.35. The van der Waals surface area contributed by atoms with Crippen LogP contribution in [-0.2, 0) is 13.0 Å². The number of thioether (sulfide) groups is 1. The van der Waals surface area contributed by atoms with Crippen LogP contribution in [0.2, 0.25) is 0 Å². The third kappa shape index (κ3) is 3.68. The normalized spacial score (nSPS) is 13.1. The number of hydrogen-bond acceptors (Lipinski definition) is 6. The fourth-order valence-electron chi connectivity index (χ4n) is 3.99. The Morgan fingerprint density at radius 3 is 2.88 bits per heavy atom. The lowest BCUT2D eigenvalue weighted by molar-refractivity contribution is 0.102. The molecule has 0 unspecified atom stereocenters. The molecule has 3 heterocycles. The van der Waals surface area contributed by atoms with Crippen molar-refractivity contribution in [2.45, 2.75) is 38.4 Å². The van der Waals surface area contributed by atoms with Gasteiger partial charge in [0.25, 0.3) is 5.56 Å². The van der Waals surface area contributed by atoms with Crippen LogP contribution in [0.3, 0.4) is 0 Å². The summed E-state index contributed by atoms with van der Waals surface area (Å²) in [4.78, 5) is 26.0. The number of carbonyl (C=O) groups excluding carboxylic acids is 1. The Morgan fingerprint density at radius 2 is 2.03 bits per heavy atom. The van der Waals surface area contributed by atoms with Crippen molar-refractivity contribution in [3.63, 3.8) is 0 Å². The quantitative estimate of drug-likeness (QED) is 0.314. The first-order valence-corrected chi connectivity index (χ1v) is 11.8. The molecular weight excluding hydrogens is 424 g/mol. The van der Waals surface area contributed by atoms with Gasteiger partial charge >= 0.3 is 0 Å². The zero-order chi connectivity index (χ0) is 22.2. The minimum Gasteiger partial charge on any atom is -0.493 e. The Kier molecular flexibility index (Phi) is 5.46. The minimum absolute atomic E-state index is 0.0267. The van der Waals surface area contributed by atoms with E-state index in [1.807, 2.05) is 46.9 Å². The van der Waals surface area contributed by atoms with Gasteiger partial charge in [-0.15, -0.1) is 10.2 Å². The molecule has 4 aromatic rings. The molecule has 1 aliphatic heterocycles. The summed E-state index contributed by atoms with van der Waals surface area (Å²) in [7, 11) is 0. The van der Waals surface area contributed by atoms with Crippen LogP contribution in [0.15, 0.2) is 52.4 Å². The summed E-state index contributed by atoms with van der Waals surface area (Å²) in [5.41, 5.74) is 2.44. The molecule has 2 aromatic heterocycles. The topological polar surface area (TPSA) is 78.5 Å². The highest BCUT2D eigenvalue weighted by atomic mass is 32.2. The zero-order valence-corrected chi connectivity index (χ0v) is 18.9. The summed E-state index contributed by atoms with van der Waals surface area (Å²) in [6.07, 6.45) is 1.70. The van der Waals surface area contributed by atoms with Gasteiger partial charge in [-0.25, -0.2) is 0 Å². The number of hydrogen-bond donors (Lipinski definition) is 0. The molecular formula is C24H24N4O3S. The van der Waals surface area contributed by atoms with Crippen LogP contribution in [0.4, 0.5) is 0 Å². The highest BCUT2D eigenvalue weighted by Gasteiger charge is 2.19. The number of carbonyl (C=O) groups is 1. The highest BCUT2D eigenvalue weighted by Crippen LogP contribution is 2.27. The number of aryl methyl sites for hydroxylation is 1. The summed E-state index contributed by atoms with van der Waals surface area (Å²) in [5.74, 6) is 2.10. The van der Waals surface area contributed by atoms with Gasteiger partial charge in [-0.1, -0.05) is 37.7 Å². The van der Waals surface area contributed by atoms with E-state index >= 15 is 0 Å². The molecule has 32 heavy (non-hydrogen) atoms. The van der Waals surface area contributed by atoms with Crippen molar-refractivity contribution in [1.29, 1.82) is 0 Å². The molecule has 1 aliphatic rings. The van der Waals surface area contributed by atoms with Crippen molar-refractivity contribution in [1.82, 2.24) is 19.2 Å². The van der Waals surface area contributed by atoms with Crippen molar-refractivity contribution < 1.29 is 9.53 Å². The molecule has 5 rings (SSSR count). The van der Waals surface area contributed by atoms with Crippen molar-refractivity contribution in [2.24, 2.45) is 5.92 Å². The van der Waals surface area contributed by atoms with E-state index in [0.717, 1.165) is 29.7 Å². The number of aromatic nitrogens is 4. The van der Waals surface area contributed by atoms with Crippen molar-refractivity contribution in [3.05, 3.63) is 63.9 Å². The molecule has 0 saturated carbocycles. The Hall–Kier alpha value is -3.13. The molecule has 0 N–H and O–H groups in total. The van der Waals surface area contributed by atoms with Crippen molar-refractivity contribution >= 4 is 34.2 Å². The number of ketones is 1. The molecule has 0 bridgehead atoms. The van der Waals surface area contributed by atoms with E-state index in [-0.39, 0.29) is 17.1 Å². The fourth-order valence-corrected chi connectivity index (χ4v) is 4.82. The second-order valence-electron chi connectivity index (χ2n) is 8.41. The monoisotopic (exact) mass is 448 g/mol. The lowest BCUT2D eigenvalue weighted by atomic mass is 10.1. The molecule has 0 spiro atoms. The van der Waals surface area contributed by atoms with E-state index in [9.17, 15) is 9.59 Å². The molecule has 0 amide bonds. The average Bonchev–Trinajstić information content (AvgIpc) is 3.44. The molecule has 8 heteroatoms. The second kappa shape index (κ2) is 8.43. The number of rotatable bonds is 7. The first kappa shape index (κ1) is 20.8. The van der Waals surface area contributed by atoms with E-state index in [1.54, 1.807) is 4.57 Å². The number of para-hydroxylation sites is 1. The summed E-state index contributed by atoms with van der Waals surface area (Å²) >= 11 is 1.34. The van der Waals surface area contributed by atoms with Gasteiger partial charge in [-0.2, -0.15) is 0 Å². The fraction of sp³-hybridized carbons (Fsp3) is 0.333. The molecule has 0 fully saturated rings. The number of benzene rings is 2. The van der Waals surface area contributed by atoms with Crippen LogP contribution >= 0.6 is 11.8 Å². The maximum atomic E-state index is 13.1. The number of Topliss-reactive ketones (excluding diaryl/α,β-unsaturated/α-hetero) is 1. The standard InChI is InChI=1S/C24H24N4O3S/c1-15(2)9-11-27-22(30)18-5-3-4-6-19(18)28-23(27)25-26-24(28)32-14-20(29)16-7-8-21-17(13-16)10-12-31-21/h3-8,13,15H,9-12,14H2,1-2H3. The molecule has 0 atom stereocenters. The lowest BCUT2D eigenvalue weighted by Gasteiger charge is -2.12. The van der Waals surface area contributed by atoms with Gasteiger partial charge in [0.1, 0.15) is 5.75 Å². The van der Waals surface area contributed by atoms with Crippen LogP contribution in [0.5, 0.6) is 5.75 Å². The largest absolute Gasteiger partial charge is 0.493 e. The van der Waals surface area contributed by atoms with Crippen LogP contribution in [-0.4, -0.2) is 37.3 Å². The van der Waals surface area contributed by atoms with E-state index in [2.05, 4.69) is 24.0 Å². The molecule has 164 valence electrons. The third-order valence-corrected chi connectivity index (χ3v) is 6.68.